The summed E-state index contributed by atoms with van der Waals surface area (Å²) in [7, 11) is -3.89. The van der Waals surface area contributed by atoms with Crippen LogP contribution in [0.4, 0.5) is 4.39 Å². The van der Waals surface area contributed by atoms with E-state index in [2.05, 4.69) is 0 Å². The van der Waals surface area contributed by atoms with Crippen LogP contribution in [0.2, 0.25) is 0 Å². The molecule has 0 unspecified atom stereocenters. The van der Waals surface area contributed by atoms with Crippen molar-refractivity contribution in [2.75, 3.05) is 12.9 Å². The topological polar surface area (TPSA) is 135 Å². The summed E-state index contributed by atoms with van der Waals surface area (Å²) in [6, 6.07) is 7.19. The van der Waals surface area contributed by atoms with Gasteiger partial charge in [0.1, 0.15) is 11.6 Å². The van der Waals surface area contributed by atoms with Gasteiger partial charge in [0.15, 0.2) is 14.6 Å². The van der Waals surface area contributed by atoms with Gasteiger partial charge in [0.05, 0.1) is 12.7 Å². The molecule has 0 bridgehead atoms. The molecule has 1 fully saturated rings. The highest BCUT2D eigenvalue weighted by molar-refractivity contribution is 7.92. The number of aliphatic hydroxyl groups is 1. The van der Waals surface area contributed by atoms with Gasteiger partial charge in [-0.15, -0.1) is 0 Å². The van der Waals surface area contributed by atoms with Crippen LogP contribution in [-0.4, -0.2) is 52.9 Å². The van der Waals surface area contributed by atoms with E-state index in [1.165, 1.54) is 47.4 Å². The van der Waals surface area contributed by atoms with Gasteiger partial charge in [-0.2, -0.15) is 0 Å². The fraction of sp³-hybridized carbons (Fsp3) is 0.500. The second kappa shape index (κ2) is 10.9. The number of aryl methyl sites for hydroxylation is 1. The largest absolute Gasteiger partial charge is 0.493 e. The lowest BCUT2D eigenvalue weighted by atomic mass is 9.88. The summed E-state index contributed by atoms with van der Waals surface area (Å²) < 4.78 is 44.0. The summed E-state index contributed by atoms with van der Waals surface area (Å²) >= 11 is 0. The number of aromatic nitrogens is 1. The van der Waals surface area contributed by atoms with Crippen molar-refractivity contribution >= 4 is 15.7 Å². The number of carbonyl (C=O) groups excluding carboxylic acids is 1. The third kappa shape index (κ3) is 6.28. The zero-order valence-electron chi connectivity index (χ0n) is 19.7. The first kappa shape index (κ1) is 26.8. The molecular weight excluding hydrogens is 479 g/mol. The Hall–Kier alpha value is -2.76. The van der Waals surface area contributed by atoms with Crippen molar-refractivity contribution in [1.29, 1.82) is 0 Å². The van der Waals surface area contributed by atoms with Crippen LogP contribution < -0.4 is 15.8 Å². The summed E-state index contributed by atoms with van der Waals surface area (Å²) in [5.41, 5.74) is 1.42. The highest BCUT2D eigenvalue weighted by atomic mass is 32.2. The fourth-order valence-electron chi connectivity index (χ4n) is 4.12. The van der Waals surface area contributed by atoms with Crippen LogP contribution >= 0.6 is 0 Å². The molecule has 0 saturated heterocycles. The predicted molar refractivity (Wildman–Crippen MR) is 127 cm³/mol. The summed E-state index contributed by atoms with van der Waals surface area (Å²) in [6.45, 7) is 1.51. The van der Waals surface area contributed by atoms with Gasteiger partial charge in [0.25, 0.3) is 11.5 Å². The monoisotopic (exact) mass is 510 g/mol. The summed E-state index contributed by atoms with van der Waals surface area (Å²) in [5, 5.41) is 18.5. The maximum absolute atomic E-state index is 14.8. The lowest BCUT2D eigenvalue weighted by Crippen LogP contribution is -2.49. The van der Waals surface area contributed by atoms with Gasteiger partial charge in [-0.05, 0) is 68.7 Å². The number of halogens is 1. The van der Waals surface area contributed by atoms with Crippen molar-refractivity contribution in [2.45, 2.75) is 56.4 Å². The number of hydrogen-bond acceptors (Lipinski definition) is 7. The summed E-state index contributed by atoms with van der Waals surface area (Å²) in [6.07, 6.45) is 5.00. The van der Waals surface area contributed by atoms with Gasteiger partial charge < -0.3 is 14.4 Å². The van der Waals surface area contributed by atoms with Crippen LogP contribution in [0.15, 0.2) is 41.3 Å². The number of rotatable bonds is 9. The number of hydroxylamine groups is 1. The highest BCUT2D eigenvalue weighted by Crippen LogP contribution is 2.28. The van der Waals surface area contributed by atoms with E-state index in [9.17, 15) is 27.5 Å². The Kier molecular flexibility index (Phi) is 8.34. The molecule has 9 nitrogen and oxygen atoms in total. The van der Waals surface area contributed by atoms with E-state index in [0.717, 1.165) is 31.9 Å². The molecule has 2 aromatic rings. The number of aliphatic hydroxyl groups excluding tert-OH is 1. The van der Waals surface area contributed by atoms with Gasteiger partial charge in [-0.25, -0.2) is 18.3 Å². The van der Waals surface area contributed by atoms with Crippen LogP contribution in [-0.2, 0) is 21.2 Å². The molecule has 0 spiro atoms. The average Bonchev–Trinajstić information content (AvgIpc) is 2.81. The highest BCUT2D eigenvalue weighted by Gasteiger charge is 2.43. The first-order chi connectivity index (χ1) is 16.4. The molecule has 1 aliphatic carbocycles. The SMILES string of the molecule is C[C@@](CCn1ccc(-c2ccc(OC[C@H]3CC[C@@H](O)CC3)cc2F)cc1=O)(C(=O)NO)S(C)(=O)=O. The second-order valence-corrected chi connectivity index (χ2v) is 11.7. The molecule has 1 amide bonds. The van der Waals surface area contributed by atoms with Crippen molar-refractivity contribution in [3.05, 3.63) is 52.7 Å². The Morgan fingerprint density at radius 3 is 2.49 bits per heavy atom. The number of amides is 1. The van der Waals surface area contributed by atoms with E-state index in [0.29, 0.717) is 23.8 Å². The lowest BCUT2D eigenvalue weighted by Gasteiger charge is -2.25. The van der Waals surface area contributed by atoms with Crippen LogP contribution in [0.5, 0.6) is 5.75 Å². The molecule has 0 radical (unpaired) electrons. The molecule has 3 rings (SSSR count). The first-order valence-electron chi connectivity index (χ1n) is 11.4. The molecule has 3 N–H and O–H groups in total. The van der Waals surface area contributed by atoms with E-state index >= 15 is 0 Å². The van der Waals surface area contributed by atoms with Crippen LogP contribution in [0, 0.1) is 11.7 Å². The molecule has 1 atom stereocenters. The maximum atomic E-state index is 14.8. The van der Waals surface area contributed by atoms with E-state index in [1.807, 2.05) is 0 Å². The van der Waals surface area contributed by atoms with Crippen molar-refractivity contribution < 1.29 is 32.7 Å². The first-order valence-corrected chi connectivity index (χ1v) is 13.3. The molecule has 11 heteroatoms. The molecule has 0 aliphatic heterocycles. The Bertz CT molecular complexity index is 1220. The van der Waals surface area contributed by atoms with Gasteiger partial charge in [0.2, 0.25) is 0 Å². The Labute approximate surface area is 203 Å². The van der Waals surface area contributed by atoms with Gasteiger partial charge in [-0.3, -0.25) is 14.8 Å². The number of hydrogen-bond donors (Lipinski definition) is 3. The van der Waals surface area contributed by atoms with Crippen LogP contribution in [0.3, 0.4) is 0 Å². The lowest BCUT2D eigenvalue weighted by molar-refractivity contribution is -0.131. The number of sulfone groups is 1. The number of benzene rings is 1. The molecule has 1 aliphatic rings. The van der Waals surface area contributed by atoms with Gasteiger partial charge >= 0.3 is 0 Å². The van der Waals surface area contributed by atoms with E-state index in [1.54, 1.807) is 6.07 Å². The molecule has 1 heterocycles. The second-order valence-electron chi connectivity index (χ2n) is 9.27. The predicted octanol–water partition coefficient (Wildman–Crippen LogP) is 2.28. The minimum atomic E-state index is -3.89. The van der Waals surface area contributed by atoms with Crippen molar-refractivity contribution in [2.24, 2.45) is 5.92 Å². The Balaban J connectivity index is 1.70. The van der Waals surface area contributed by atoms with Crippen LogP contribution in [0.25, 0.3) is 11.1 Å². The number of nitrogens with zero attached hydrogens (tertiary/aromatic N) is 1. The van der Waals surface area contributed by atoms with Crippen molar-refractivity contribution in [3.63, 3.8) is 0 Å². The number of ether oxygens (including phenoxy) is 1. The Morgan fingerprint density at radius 1 is 1.23 bits per heavy atom. The van der Waals surface area contributed by atoms with Gasteiger partial charge in [-0.1, -0.05) is 0 Å². The average molecular weight is 511 g/mol. The van der Waals surface area contributed by atoms with E-state index in [-0.39, 0.29) is 24.6 Å². The van der Waals surface area contributed by atoms with Gasteiger partial charge in [0, 0.05) is 36.7 Å². The zero-order valence-corrected chi connectivity index (χ0v) is 20.6. The van der Waals surface area contributed by atoms with Crippen molar-refractivity contribution in [3.8, 4) is 16.9 Å². The quantitative estimate of drug-likeness (QED) is 0.348. The molecule has 1 aromatic carbocycles. The van der Waals surface area contributed by atoms with Crippen LogP contribution in [0.1, 0.15) is 39.0 Å². The summed E-state index contributed by atoms with van der Waals surface area (Å²) in [5.74, 6) is -0.937. The molecule has 192 valence electrons. The van der Waals surface area contributed by atoms with Crippen molar-refractivity contribution in [1.82, 2.24) is 10.0 Å². The summed E-state index contributed by atoms with van der Waals surface area (Å²) in [4.78, 5) is 24.5. The number of pyridine rings is 1. The minimum absolute atomic E-state index is 0.108. The smallest absolute Gasteiger partial charge is 0.264 e. The standard InChI is InChI=1S/C24H31FN2O7S/c1-24(23(30)26-31,35(2,32)33)10-12-27-11-9-17(13-22(27)29)20-8-7-19(14-21(20)25)34-15-16-3-5-18(28)6-4-16/h7-9,11,13-14,16,18,28,31H,3-6,10,12,15H2,1-2H3,(H,26,30)/t16-,18+,24-/m1/s1. The third-order valence-electron chi connectivity index (χ3n) is 6.78. The molecule has 1 aromatic heterocycles. The fourth-order valence-corrected chi connectivity index (χ4v) is 4.97. The third-order valence-corrected chi connectivity index (χ3v) is 8.81. The van der Waals surface area contributed by atoms with E-state index in [4.69, 9.17) is 9.94 Å². The van der Waals surface area contributed by atoms with E-state index < -0.39 is 31.9 Å². The zero-order chi connectivity index (χ0) is 25.8. The molecular formula is C24H31FN2O7S. The normalized spacial score (nSPS) is 20.1. The molecule has 1 saturated carbocycles. The minimum Gasteiger partial charge on any atom is -0.493 e. The molecule has 35 heavy (non-hydrogen) atoms. The number of carbonyl (C=O) groups is 1. The number of nitrogens with one attached hydrogen (secondary N) is 1. The maximum Gasteiger partial charge on any atom is 0.264 e. The Morgan fingerprint density at radius 2 is 1.91 bits per heavy atom.